The second-order valence-corrected chi connectivity index (χ2v) is 4.32. The van der Waals surface area contributed by atoms with E-state index in [4.69, 9.17) is 9.84 Å². The topological polar surface area (TPSA) is 104 Å². The van der Waals surface area contributed by atoms with Crippen LogP contribution in [0.25, 0.3) is 0 Å². The molecule has 21 heavy (non-hydrogen) atoms. The summed E-state index contributed by atoms with van der Waals surface area (Å²) in [5.41, 5.74) is 1.03. The van der Waals surface area contributed by atoms with Crippen LogP contribution in [0, 0.1) is 6.92 Å². The van der Waals surface area contributed by atoms with Crippen LogP contribution in [0.3, 0.4) is 0 Å². The number of hydrogen-bond donors (Lipinski definition) is 3. The van der Waals surface area contributed by atoms with Gasteiger partial charge < -0.3 is 20.1 Å². The molecule has 1 aromatic carbocycles. The Morgan fingerprint density at radius 1 is 1.43 bits per heavy atom. The first-order valence-electron chi connectivity index (χ1n) is 6.34. The molecule has 0 unspecified atom stereocenters. The van der Waals surface area contributed by atoms with Crippen LogP contribution in [0.5, 0.6) is 5.75 Å². The molecule has 2 aromatic rings. The smallest absolute Gasteiger partial charge is 0.354 e. The molecular weight excluding hydrogens is 274 g/mol. The van der Waals surface area contributed by atoms with Crippen molar-refractivity contribution in [3.05, 3.63) is 41.5 Å². The molecule has 7 nitrogen and oxygen atoms in total. The first-order valence-corrected chi connectivity index (χ1v) is 6.34. The summed E-state index contributed by atoms with van der Waals surface area (Å²) < 4.78 is 5.45. The monoisotopic (exact) mass is 289 g/mol. The Balaban J connectivity index is 2.27. The van der Waals surface area contributed by atoms with Crippen LogP contribution in [-0.2, 0) is 0 Å². The lowest BCUT2D eigenvalue weighted by atomic mass is 10.2. The standard InChI is InChI=1S/C14H15N3O4/c1-3-21-10-6-8(2)4-5-9(10)17-13(18)11-12(14(19)20)16-7-15-11/h4-7H,3H2,1-2H3,(H,15,16)(H,17,18)(H,19,20). The number of rotatable bonds is 5. The number of carboxylic acid groups (broad SMARTS) is 1. The van der Waals surface area contributed by atoms with Crippen molar-refractivity contribution in [3.63, 3.8) is 0 Å². The molecule has 0 radical (unpaired) electrons. The number of H-pyrrole nitrogens is 1. The van der Waals surface area contributed by atoms with Crippen molar-refractivity contribution < 1.29 is 19.4 Å². The Morgan fingerprint density at radius 2 is 2.19 bits per heavy atom. The lowest BCUT2D eigenvalue weighted by Gasteiger charge is -2.11. The maximum absolute atomic E-state index is 12.1. The molecule has 0 fully saturated rings. The number of amides is 1. The fraction of sp³-hybridized carbons (Fsp3) is 0.214. The molecular formula is C14H15N3O4. The van der Waals surface area contributed by atoms with Gasteiger partial charge in [0.2, 0.25) is 0 Å². The zero-order valence-electron chi connectivity index (χ0n) is 11.6. The second-order valence-electron chi connectivity index (χ2n) is 4.32. The van der Waals surface area contributed by atoms with Gasteiger partial charge in [-0.2, -0.15) is 0 Å². The zero-order chi connectivity index (χ0) is 15.4. The lowest BCUT2D eigenvalue weighted by Crippen LogP contribution is -2.17. The summed E-state index contributed by atoms with van der Waals surface area (Å²) in [5.74, 6) is -1.33. The van der Waals surface area contributed by atoms with Gasteiger partial charge in [0.1, 0.15) is 5.75 Å². The summed E-state index contributed by atoms with van der Waals surface area (Å²) >= 11 is 0. The highest BCUT2D eigenvalue weighted by Gasteiger charge is 2.20. The maximum atomic E-state index is 12.1. The van der Waals surface area contributed by atoms with E-state index in [2.05, 4.69) is 15.3 Å². The number of anilines is 1. The van der Waals surface area contributed by atoms with Crippen LogP contribution in [0.15, 0.2) is 24.5 Å². The molecule has 0 aliphatic heterocycles. The van der Waals surface area contributed by atoms with Crippen molar-refractivity contribution >= 4 is 17.6 Å². The van der Waals surface area contributed by atoms with Gasteiger partial charge in [-0.1, -0.05) is 6.07 Å². The second kappa shape index (κ2) is 6.08. The van der Waals surface area contributed by atoms with E-state index in [1.165, 1.54) is 0 Å². The van der Waals surface area contributed by atoms with Gasteiger partial charge in [-0.15, -0.1) is 0 Å². The van der Waals surface area contributed by atoms with E-state index in [0.717, 1.165) is 11.9 Å². The number of nitrogens with one attached hydrogen (secondary N) is 2. The van der Waals surface area contributed by atoms with Gasteiger partial charge >= 0.3 is 5.97 Å². The summed E-state index contributed by atoms with van der Waals surface area (Å²) in [6.45, 7) is 4.20. The Kier molecular flexibility index (Phi) is 4.22. The minimum absolute atomic E-state index is 0.175. The number of benzene rings is 1. The van der Waals surface area contributed by atoms with Gasteiger partial charge in [-0.05, 0) is 31.5 Å². The van der Waals surface area contributed by atoms with Crippen LogP contribution in [0.1, 0.15) is 33.5 Å². The van der Waals surface area contributed by atoms with Crippen molar-refractivity contribution in [1.82, 2.24) is 9.97 Å². The number of aryl methyl sites for hydroxylation is 1. The first-order chi connectivity index (χ1) is 10.0. The molecule has 1 aromatic heterocycles. The van der Waals surface area contributed by atoms with E-state index in [1.54, 1.807) is 12.1 Å². The average Bonchev–Trinajstić information content (AvgIpc) is 2.91. The SMILES string of the molecule is CCOc1cc(C)ccc1NC(=O)c1nc[nH]c1C(=O)O. The molecule has 0 saturated carbocycles. The van der Waals surface area contributed by atoms with Gasteiger partial charge in [0, 0.05) is 0 Å². The summed E-state index contributed by atoms with van der Waals surface area (Å²) in [4.78, 5) is 29.3. The summed E-state index contributed by atoms with van der Waals surface area (Å²) in [7, 11) is 0. The quantitative estimate of drug-likeness (QED) is 0.781. The van der Waals surface area contributed by atoms with Gasteiger partial charge in [0.15, 0.2) is 11.4 Å². The van der Waals surface area contributed by atoms with Gasteiger partial charge in [0.25, 0.3) is 5.91 Å². The van der Waals surface area contributed by atoms with Crippen molar-refractivity contribution in [1.29, 1.82) is 0 Å². The van der Waals surface area contributed by atoms with E-state index in [1.807, 2.05) is 19.9 Å². The Bertz CT molecular complexity index is 679. The van der Waals surface area contributed by atoms with E-state index < -0.39 is 11.9 Å². The van der Waals surface area contributed by atoms with E-state index in [0.29, 0.717) is 18.0 Å². The number of carbonyl (C=O) groups excluding carboxylic acids is 1. The van der Waals surface area contributed by atoms with E-state index >= 15 is 0 Å². The van der Waals surface area contributed by atoms with Gasteiger partial charge in [0.05, 0.1) is 18.6 Å². The molecule has 3 N–H and O–H groups in total. The Labute approximate surface area is 121 Å². The summed E-state index contributed by atoms with van der Waals surface area (Å²) in [6, 6.07) is 5.31. The molecule has 0 aliphatic rings. The molecule has 1 amide bonds. The van der Waals surface area contributed by atoms with E-state index in [9.17, 15) is 9.59 Å². The number of ether oxygens (including phenoxy) is 1. The lowest BCUT2D eigenvalue weighted by molar-refractivity contribution is 0.0686. The molecule has 0 aliphatic carbocycles. The van der Waals surface area contributed by atoms with Gasteiger partial charge in [-0.3, -0.25) is 4.79 Å². The molecule has 1 heterocycles. The van der Waals surface area contributed by atoms with Crippen molar-refractivity contribution in [2.75, 3.05) is 11.9 Å². The third kappa shape index (κ3) is 3.19. The number of hydrogen-bond acceptors (Lipinski definition) is 4. The molecule has 0 atom stereocenters. The third-order valence-corrected chi connectivity index (χ3v) is 2.75. The average molecular weight is 289 g/mol. The highest BCUT2D eigenvalue weighted by atomic mass is 16.5. The highest BCUT2D eigenvalue weighted by molar-refractivity contribution is 6.09. The number of imidazole rings is 1. The van der Waals surface area contributed by atoms with Gasteiger partial charge in [-0.25, -0.2) is 9.78 Å². The number of nitrogens with zero attached hydrogens (tertiary/aromatic N) is 1. The third-order valence-electron chi connectivity index (χ3n) is 2.75. The molecule has 7 heteroatoms. The fourth-order valence-corrected chi connectivity index (χ4v) is 1.82. The van der Waals surface area contributed by atoms with Crippen molar-refractivity contribution in [3.8, 4) is 5.75 Å². The van der Waals surface area contributed by atoms with Crippen LogP contribution in [0.2, 0.25) is 0 Å². The Hall–Kier alpha value is -2.83. The van der Waals surface area contributed by atoms with E-state index in [-0.39, 0.29) is 11.4 Å². The number of aromatic carboxylic acids is 1. The number of aromatic nitrogens is 2. The fourth-order valence-electron chi connectivity index (χ4n) is 1.82. The predicted octanol–water partition coefficient (Wildman–Crippen LogP) is 2.07. The summed E-state index contributed by atoms with van der Waals surface area (Å²) in [6.07, 6.45) is 1.16. The molecule has 2 rings (SSSR count). The van der Waals surface area contributed by atoms with Crippen LogP contribution < -0.4 is 10.1 Å². The molecule has 0 bridgehead atoms. The number of carboxylic acids is 1. The van der Waals surface area contributed by atoms with Crippen molar-refractivity contribution in [2.24, 2.45) is 0 Å². The normalized spacial score (nSPS) is 10.2. The predicted molar refractivity (Wildman–Crippen MR) is 75.8 cm³/mol. The maximum Gasteiger partial charge on any atom is 0.354 e. The zero-order valence-corrected chi connectivity index (χ0v) is 11.6. The van der Waals surface area contributed by atoms with Crippen LogP contribution in [-0.4, -0.2) is 33.6 Å². The molecule has 0 spiro atoms. The number of carbonyl (C=O) groups is 2. The Morgan fingerprint density at radius 3 is 2.86 bits per heavy atom. The molecule has 110 valence electrons. The minimum Gasteiger partial charge on any atom is -0.492 e. The summed E-state index contributed by atoms with van der Waals surface area (Å²) in [5, 5.41) is 11.6. The highest BCUT2D eigenvalue weighted by Crippen LogP contribution is 2.26. The van der Waals surface area contributed by atoms with Crippen LogP contribution in [0.4, 0.5) is 5.69 Å². The first kappa shape index (κ1) is 14.6. The molecule has 0 saturated heterocycles. The van der Waals surface area contributed by atoms with Crippen molar-refractivity contribution in [2.45, 2.75) is 13.8 Å². The largest absolute Gasteiger partial charge is 0.492 e. The van der Waals surface area contributed by atoms with Crippen LogP contribution >= 0.6 is 0 Å². The number of aromatic amines is 1. The minimum atomic E-state index is -1.24.